The van der Waals surface area contributed by atoms with E-state index in [0.29, 0.717) is 17.0 Å². The number of carboxylic acids is 1. The lowest BCUT2D eigenvalue weighted by Crippen LogP contribution is -2.15. The Labute approximate surface area is 140 Å². The number of aliphatic carboxylic acids is 1. The van der Waals surface area contributed by atoms with E-state index in [9.17, 15) is 15.2 Å². The van der Waals surface area contributed by atoms with Gasteiger partial charge in [0, 0.05) is 5.56 Å². The van der Waals surface area contributed by atoms with Crippen molar-refractivity contribution in [2.75, 3.05) is 0 Å². The van der Waals surface area contributed by atoms with Crippen LogP contribution in [-0.2, 0) is 4.79 Å². The Morgan fingerprint density at radius 3 is 2.52 bits per heavy atom. The van der Waals surface area contributed by atoms with Gasteiger partial charge in [0.1, 0.15) is 16.3 Å². The van der Waals surface area contributed by atoms with E-state index >= 15 is 0 Å². The molecule has 4 nitrogen and oxygen atoms in total. The summed E-state index contributed by atoms with van der Waals surface area (Å²) in [5.74, 6) is -0.888. The molecule has 0 radical (unpaired) electrons. The van der Waals surface area contributed by atoms with Gasteiger partial charge < -0.3 is 5.11 Å². The molecule has 1 atom stereocenters. The number of pyridine rings is 1. The van der Waals surface area contributed by atoms with Crippen molar-refractivity contribution < 1.29 is 9.90 Å². The molecule has 0 bridgehead atoms. The van der Waals surface area contributed by atoms with Gasteiger partial charge in [0.05, 0.1) is 11.3 Å². The van der Waals surface area contributed by atoms with Crippen LogP contribution in [0, 0.1) is 25.2 Å². The monoisotopic (exact) mass is 326 g/mol. The van der Waals surface area contributed by atoms with E-state index in [0.717, 1.165) is 34.1 Å². The van der Waals surface area contributed by atoms with Crippen LogP contribution < -0.4 is 0 Å². The zero-order valence-corrected chi connectivity index (χ0v) is 14.1. The Bertz CT molecular complexity index is 764. The second kappa shape index (κ2) is 7.30. The van der Waals surface area contributed by atoms with Crippen molar-refractivity contribution in [2.45, 2.75) is 37.5 Å². The predicted molar refractivity (Wildman–Crippen MR) is 91.4 cm³/mol. The SMILES string of the molecule is CCC(Sc1nc(-c2ccc(C)cc2)c(C)cc1C#N)C(=O)O. The number of nitrogens with zero attached hydrogens (tertiary/aromatic N) is 2. The average molecular weight is 326 g/mol. The van der Waals surface area contributed by atoms with Gasteiger partial charge in [0.25, 0.3) is 0 Å². The van der Waals surface area contributed by atoms with Gasteiger partial charge in [-0.2, -0.15) is 5.26 Å². The molecule has 0 saturated heterocycles. The third kappa shape index (κ3) is 3.91. The van der Waals surface area contributed by atoms with Gasteiger partial charge in [-0.3, -0.25) is 4.79 Å². The lowest BCUT2D eigenvalue weighted by molar-refractivity contribution is -0.136. The van der Waals surface area contributed by atoms with Crippen LogP contribution >= 0.6 is 11.8 Å². The first-order valence-corrected chi connectivity index (χ1v) is 8.22. The highest BCUT2D eigenvalue weighted by atomic mass is 32.2. The third-order valence-electron chi connectivity index (χ3n) is 3.52. The van der Waals surface area contributed by atoms with E-state index in [2.05, 4.69) is 11.1 Å². The summed E-state index contributed by atoms with van der Waals surface area (Å²) in [7, 11) is 0. The Morgan fingerprint density at radius 2 is 2.00 bits per heavy atom. The second-order valence-electron chi connectivity index (χ2n) is 5.34. The van der Waals surface area contributed by atoms with Crippen LogP contribution in [0.3, 0.4) is 0 Å². The first kappa shape index (κ1) is 17.0. The highest BCUT2D eigenvalue weighted by Crippen LogP contribution is 2.31. The minimum Gasteiger partial charge on any atom is -0.480 e. The summed E-state index contributed by atoms with van der Waals surface area (Å²) in [6.07, 6.45) is 0.473. The topological polar surface area (TPSA) is 74.0 Å². The van der Waals surface area contributed by atoms with E-state index < -0.39 is 11.2 Å². The van der Waals surface area contributed by atoms with Crippen molar-refractivity contribution in [3.63, 3.8) is 0 Å². The minimum absolute atomic E-state index is 0.420. The molecule has 1 N–H and O–H groups in total. The predicted octanol–water partition coefficient (Wildman–Crippen LogP) is 4.19. The van der Waals surface area contributed by atoms with Crippen LogP contribution in [0.5, 0.6) is 0 Å². The Hall–Kier alpha value is -2.32. The van der Waals surface area contributed by atoms with Gasteiger partial charge in [0.15, 0.2) is 0 Å². The number of thioether (sulfide) groups is 1. The summed E-state index contributed by atoms with van der Waals surface area (Å²) >= 11 is 1.14. The smallest absolute Gasteiger partial charge is 0.317 e. The molecule has 2 aromatic rings. The van der Waals surface area contributed by atoms with Gasteiger partial charge in [-0.15, -0.1) is 0 Å². The molecule has 0 aliphatic heterocycles. The molecule has 0 amide bonds. The van der Waals surface area contributed by atoms with Crippen molar-refractivity contribution in [2.24, 2.45) is 0 Å². The fourth-order valence-electron chi connectivity index (χ4n) is 2.21. The van der Waals surface area contributed by atoms with E-state index in [1.54, 1.807) is 6.07 Å². The van der Waals surface area contributed by atoms with Crippen LogP contribution in [0.2, 0.25) is 0 Å². The molecule has 0 aliphatic carbocycles. The zero-order valence-electron chi connectivity index (χ0n) is 13.3. The number of benzene rings is 1. The third-order valence-corrected chi connectivity index (χ3v) is 4.88. The lowest BCUT2D eigenvalue weighted by atomic mass is 10.0. The molecule has 1 aromatic carbocycles. The van der Waals surface area contributed by atoms with Gasteiger partial charge in [-0.25, -0.2) is 4.98 Å². The van der Waals surface area contributed by atoms with Crippen molar-refractivity contribution >= 4 is 17.7 Å². The van der Waals surface area contributed by atoms with Gasteiger partial charge in [-0.05, 0) is 31.9 Å². The average Bonchev–Trinajstić information content (AvgIpc) is 2.53. The number of aryl methyl sites for hydroxylation is 2. The van der Waals surface area contributed by atoms with Gasteiger partial charge >= 0.3 is 5.97 Å². The second-order valence-corrected chi connectivity index (χ2v) is 6.53. The summed E-state index contributed by atoms with van der Waals surface area (Å²) in [6, 6.07) is 11.9. The maximum atomic E-state index is 11.3. The molecule has 0 fully saturated rings. The lowest BCUT2D eigenvalue weighted by Gasteiger charge is -2.13. The molecule has 1 aromatic heterocycles. The molecular formula is C18H18N2O2S. The van der Waals surface area contributed by atoms with Gasteiger partial charge in [0.2, 0.25) is 0 Å². The fourth-order valence-corrected chi connectivity index (χ4v) is 3.13. The largest absolute Gasteiger partial charge is 0.480 e. The summed E-state index contributed by atoms with van der Waals surface area (Å²) in [5, 5.41) is 18.4. The highest BCUT2D eigenvalue weighted by molar-refractivity contribution is 8.00. The molecule has 118 valence electrons. The molecule has 1 heterocycles. The maximum Gasteiger partial charge on any atom is 0.317 e. The first-order chi connectivity index (χ1) is 11.0. The fraction of sp³-hybridized carbons (Fsp3) is 0.278. The normalized spacial score (nSPS) is 11.7. The number of nitriles is 1. The van der Waals surface area contributed by atoms with Crippen LogP contribution in [0.25, 0.3) is 11.3 Å². The summed E-state index contributed by atoms with van der Waals surface area (Å²) in [4.78, 5) is 15.9. The molecule has 1 unspecified atom stereocenters. The Balaban J connectivity index is 2.50. The number of aromatic nitrogens is 1. The van der Waals surface area contributed by atoms with Crippen molar-refractivity contribution in [1.29, 1.82) is 5.26 Å². The molecule has 0 saturated carbocycles. The number of hydrogen-bond acceptors (Lipinski definition) is 4. The molecular weight excluding hydrogens is 308 g/mol. The van der Waals surface area contributed by atoms with E-state index in [1.807, 2.05) is 45.0 Å². The van der Waals surface area contributed by atoms with Crippen LogP contribution in [0.4, 0.5) is 0 Å². The van der Waals surface area contributed by atoms with Gasteiger partial charge in [-0.1, -0.05) is 48.5 Å². The minimum atomic E-state index is -0.888. The van der Waals surface area contributed by atoms with E-state index in [1.165, 1.54) is 0 Å². The van der Waals surface area contributed by atoms with Crippen molar-refractivity contribution in [1.82, 2.24) is 4.98 Å². The van der Waals surface area contributed by atoms with Crippen LogP contribution in [0.15, 0.2) is 35.4 Å². The standard InChI is InChI=1S/C18H18N2O2S/c1-4-15(18(21)22)23-17-14(10-19)9-12(3)16(20-17)13-7-5-11(2)6-8-13/h5-9,15H,4H2,1-3H3,(H,21,22). The maximum absolute atomic E-state index is 11.3. The summed E-state index contributed by atoms with van der Waals surface area (Å²) in [6.45, 7) is 5.74. The first-order valence-electron chi connectivity index (χ1n) is 7.34. The van der Waals surface area contributed by atoms with Crippen molar-refractivity contribution in [3.8, 4) is 17.3 Å². The molecule has 5 heteroatoms. The number of carboxylic acid groups (broad SMARTS) is 1. The number of hydrogen-bond donors (Lipinski definition) is 1. The van der Waals surface area contributed by atoms with E-state index in [-0.39, 0.29) is 0 Å². The molecule has 2 rings (SSSR count). The highest BCUT2D eigenvalue weighted by Gasteiger charge is 2.20. The molecule has 23 heavy (non-hydrogen) atoms. The number of carbonyl (C=O) groups is 1. The molecule has 0 spiro atoms. The number of rotatable bonds is 5. The van der Waals surface area contributed by atoms with Crippen LogP contribution in [0.1, 0.15) is 30.0 Å². The summed E-state index contributed by atoms with van der Waals surface area (Å²) in [5.41, 5.74) is 4.22. The quantitative estimate of drug-likeness (QED) is 0.834. The van der Waals surface area contributed by atoms with E-state index in [4.69, 9.17) is 0 Å². The Morgan fingerprint density at radius 1 is 1.35 bits per heavy atom. The van der Waals surface area contributed by atoms with Crippen molar-refractivity contribution in [3.05, 3.63) is 47.0 Å². The summed E-state index contributed by atoms with van der Waals surface area (Å²) < 4.78 is 0. The Kier molecular flexibility index (Phi) is 5.41. The zero-order chi connectivity index (χ0) is 17.0. The van der Waals surface area contributed by atoms with Crippen LogP contribution in [-0.4, -0.2) is 21.3 Å². The molecule has 0 aliphatic rings.